The summed E-state index contributed by atoms with van der Waals surface area (Å²) in [4.78, 5) is 26.1. The van der Waals surface area contributed by atoms with Gasteiger partial charge in [-0.05, 0) is 66.4 Å². The van der Waals surface area contributed by atoms with Crippen molar-refractivity contribution in [2.24, 2.45) is 5.92 Å². The first kappa shape index (κ1) is 28.5. The van der Waals surface area contributed by atoms with Crippen molar-refractivity contribution in [3.05, 3.63) is 100 Å². The Morgan fingerprint density at radius 2 is 1.67 bits per heavy atom. The highest BCUT2D eigenvalue weighted by atomic mass is 28.4. The molecule has 4 rings (SSSR count). The number of β-lactam (4-membered cyclic amide) rings is 1. The highest BCUT2D eigenvalue weighted by Gasteiger charge is 2.49. The number of rotatable bonds is 10. The minimum atomic E-state index is -2.07. The third kappa shape index (κ3) is 6.07. The largest absolute Gasteiger partial charge is 0.497 e. The van der Waals surface area contributed by atoms with E-state index in [1.165, 1.54) is 12.1 Å². The third-order valence-electron chi connectivity index (χ3n) is 8.14. The molecule has 3 aromatic carbocycles. The van der Waals surface area contributed by atoms with Crippen LogP contribution in [-0.2, 0) is 9.22 Å². The molecule has 3 unspecified atom stereocenters. The standard InChI is InChI=1S/C31H38N2O5Si/c1-31(2,3)39(5,6)38-28(22-11-8-7-9-12-22)20-19-27-29(23-13-10-14-26(21-23)37-4)32(30(27)34)24-15-17-25(18-16-24)33(35)36/h7-18,21,27-29H,19-20H2,1-6H3. The van der Waals surface area contributed by atoms with Crippen molar-refractivity contribution >= 4 is 25.6 Å². The molecule has 3 aromatic rings. The lowest BCUT2D eigenvalue weighted by molar-refractivity contribution is -0.384. The molecule has 7 nitrogen and oxygen atoms in total. The molecular formula is C31H38N2O5Si. The van der Waals surface area contributed by atoms with Gasteiger partial charge in [-0.25, -0.2) is 0 Å². The first-order chi connectivity index (χ1) is 18.4. The molecule has 39 heavy (non-hydrogen) atoms. The highest BCUT2D eigenvalue weighted by Crippen LogP contribution is 2.48. The van der Waals surface area contributed by atoms with E-state index in [1.54, 1.807) is 24.1 Å². The summed E-state index contributed by atoms with van der Waals surface area (Å²) in [5.41, 5.74) is 2.74. The van der Waals surface area contributed by atoms with Gasteiger partial charge in [-0.15, -0.1) is 0 Å². The van der Waals surface area contributed by atoms with Gasteiger partial charge >= 0.3 is 0 Å². The van der Waals surface area contributed by atoms with E-state index in [2.05, 4.69) is 46.0 Å². The van der Waals surface area contributed by atoms with E-state index >= 15 is 0 Å². The fourth-order valence-electron chi connectivity index (χ4n) is 4.88. The second kappa shape index (κ2) is 11.3. The summed E-state index contributed by atoms with van der Waals surface area (Å²) in [6, 6.07) is 24.0. The maximum absolute atomic E-state index is 13.6. The molecule has 1 fully saturated rings. The maximum Gasteiger partial charge on any atom is 0.269 e. The average Bonchev–Trinajstić information content (AvgIpc) is 2.91. The van der Waals surface area contributed by atoms with E-state index in [4.69, 9.17) is 9.16 Å². The Morgan fingerprint density at radius 1 is 1.00 bits per heavy atom. The number of hydrogen-bond donors (Lipinski definition) is 0. The number of anilines is 1. The number of ether oxygens (including phenoxy) is 1. The number of nitro benzene ring substituents is 1. The molecule has 1 heterocycles. The topological polar surface area (TPSA) is 81.9 Å². The van der Waals surface area contributed by atoms with Crippen LogP contribution in [0.15, 0.2) is 78.9 Å². The predicted octanol–water partition coefficient (Wildman–Crippen LogP) is 7.85. The van der Waals surface area contributed by atoms with Crippen LogP contribution in [0.4, 0.5) is 11.4 Å². The van der Waals surface area contributed by atoms with Crippen molar-refractivity contribution in [2.45, 2.75) is 63.9 Å². The lowest BCUT2D eigenvalue weighted by Gasteiger charge is -2.48. The zero-order chi connectivity index (χ0) is 28.4. The summed E-state index contributed by atoms with van der Waals surface area (Å²) in [7, 11) is -0.449. The number of carbonyl (C=O) groups excluding carboxylic acids is 1. The average molecular weight is 547 g/mol. The summed E-state index contributed by atoms with van der Waals surface area (Å²) >= 11 is 0. The molecular weight excluding hydrogens is 508 g/mol. The number of non-ortho nitro benzene ring substituents is 1. The van der Waals surface area contributed by atoms with Gasteiger partial charge in [0.05, 0.1) is 30.1 Å². The van der Waals surface area contributed by atoms with Gasteiger partial charge in [-0.1, -0.05) is 63.2 Å². The Hall–Kier alpha value is -3.49. The van der Waals surface area contributed by atoms with Crippen LogP contribution in [0, 0.1) is 16.0 Å². The monoisotopic (exact) mass is 546 g/mol. The lowest BCUT2D eigenvalue weighted by Crippen LogP contribution is -2.55. The summed E-state index contributed by atoms with van der Waals surface area (Å²) in [5, 5.41) is 11.2. The van der Waals surface area contributed by atoms with E-state index in [0.717, 1.165) is 16.9 Å². The number of nitrogens with zero attached hydrogens (tertiary/aromatic N) is 2. The van der Waals surface area contributed by atoms with Crippen molar-refractivity contribution in [1.29, 1.82) is 0 Å². The first-order valence-electron chi connectivity index (χ1n) is 13.4. The molecule has 206 valence electrons. The fourth-order valence-corrected chi connectivity index (χ4v) is 6.20. The molecule has 0 spiro atoms. The van der Waals surface area contributed by atoms with Gasteiger partial charge < -0.3 is 14.1 Å². The Kier molecular flexibility index (Phi) is 8.27. The second-order valence-corrected chi connectivity index (χ2v) is 16.4. The van der Waals surface area contributed by atoms with Crippen molar-refractivity contribution in [1.82, 2.24) is 0 Å². The third-order valence-corrected chi connectivity index (χ3v) is 12.6. The van der Waals surface area contributed by atoms with Gasteiger partial charge in [0.15, 0.2) is 8.32 Å². The van der Waals surface area contributed by atoms with Gasteiger partial charge in [0.25, 0.3) is 5.69 Å². The molecule has 0 bridgehead atoms. The van der Waals surface area contributed by atoms with Crippen LogP contribution in [-0.4, -0.2) is 26.3 Å². The number of carbonyl (C=O) groups is 1. The molecule has 1 aliphatic rings. The smallest absolute Gasteiger partial charge is 0.269 e. The van der Waals surface area contributed by atoms with Crippen LogP contribution in [0.3, 0.4) is 0 Å². The van der Waals surface area contributed by atoms with E-state index in [-0.39, 0.29) is 34.7 Å². The zero-order valence-corrected chi connectivity index (χ0v) is 24.6. The van der Waals surface area contributed by atoms with Gasteiger partial charge in [0.1, 0.15) is 5.75 Å². The quantitative estimate of drug-likeness (QED) is 0.112. The Balaban J connectivity index is 1.63. The van der Waals surface area contributed by atoms with E-state index in [9.17, 15) is 14.9 Å². The van der Waals surface area contributed by atoms with Gasteiger partial charge in [0.2, 0.25) is 5.91 Å². The lowest BCUT2D eigenvalue weighted by atomic mass is 9.78. The zero-order valence-electron chi connectivity index (χ0n) is 23.6. The van der Waals surface area contributed by atoms with Crippen molar-refractivity contribution < 1.29 is 18.9 Å². The Labute approximate surface area is 232 Å². The van der Waals surface area contributed by atoms with Crippen LogP contribution in [0.1, 0.15) is 56.9 Å². The number of hydrogen-bond acceptors (Lipinski definition) is 5. The summed E-state index contributed by atoms with van der Waals surface area (Å²) in [6.45, 7) is 11.2. The van der Waals surface area contributed by atoms with Crippen LogP contribution in [0.5, 0.6) is 5.75 Å². The molecule has 8 heteroatoms. The van der Waals surface area contributed by atoms with Crippen molar-refractivity contribution in [3.63, 3.8) is 0 Å². The number of nitro groups is 1. The second-order valence-electron chi connectivity index (χ2n) is 11.7. The van der Waals surface area contributed by atoms with Crippen LogP contribution < -0.4 is 9.64 Å². The normalized spacial score (nSPS) is 18.4. The molecule has 0 aliphatic carbocycles. The highest BCUT2D eigenvalue weighted by molar-refractivity contribution is 6.74. The van der Waals surface area contributed by atoms with Crippen molar-refractivity contribution in [3.8, 4) is 5.75 Å². The Bertz CT molecular complexity index is 1300. The van der Waals surface area contributed by atoms with E-state index in [1.807, 2.05) is 42.5 Å². The van der Waals surface area contributed by atoms with E-state index in [0.29, 0.717) is 18.5 Å². The van der Waals surface area contributed by atoms with Gasteiger partial charge in [-0.2, -0.15) is 0 Å². The molecule has 0 saturated carbocycles. The van der Waals surface area contributed by atoms with Crippen LogP contribution >= 0.6 is 0 Å². The van der Waals surface area contributed by atoms with E-state index < -0.39 is 13.2 Å². The van der Waals surface area contributed by atoms with Crippen LogP contribution in [0.25, 0.3) is 0 Å². The predicted molar refractivity (Wildman–Crippen MR) is 157 cm³/mol. The minimum absolute atomic E-state index is 0.00492. The summed E-state index contributed by atoms with van der Waals surface area (Å²) < 4.78 is 12.4. The maximum atomic E-state index is 13.6. The molecule has 0 radical (unpaired) electrons. The molecule has 1 aliphatic heterocycles. The minimum Gasteiger partial charge on any atom is -0.497 e. The molecule has 0 aromatic heterocycles. The molecule has 1 saturated heterocycles. The molecule has 1 amide bonds. The first-order valence-corrected chi connectivity index (χ1v) is 16.3. The molecule has 3 atom stereocenters. The number of methoxy groups -OCH3 is 1. The van der Waals surface area contributed by atoms with Gasteiger partial charge in [0, 0.05) is 17.8 Å². The summed E-state index contributed by atoms with van der Waals surface area (Å²) in [6.07, 6.45) is 1.25. The van der Waals surface area contributed by atoms with Gasteiger partial charge in [-0.3, -0.25) is 14.9 Å². The SMILES string of the molecule is COc1cccc(C2C(CCC(O[Si](C)(C)C(C)(C)C)c3ccccc3)C(=O)N2c2ccc([N+](=O)[O-])cc2)c1. The Morgan fingerprint density at radius 3 is 2.26 bits per heavy atom. The number of amides is 1. The molecule has 0 N–H and O–H groups in total. The van der Waals surface area contributed by atoms with Crippen LogP contribution in [0.2, 0.25) is 18.1 Å². The summed E-state index contributed by atoms with van der Waals surface area (Å²) in [5.74, 6) is 0.481. The fraction of sp³-hybridized carbons (Fsp3) is 0.387. The number of benzene rings is 3. The van der Waals surface area contributed by atoms with Crippen molar-refractivity contribution in [2.75, 3.05) is 12.0 Å².